The first-order chi connectivity index (χ1) is 21.5. The Labute approximate surface area is 268 Å². The van der Waals surface area contributed by atoms with Crippen molar-refractivity contribution >= 4 is 0 Å². The molecule has 4 heteroatoms. The van der Waals surface area contributed by atoms with Gasteiger partial charge in [0.1, 0.15) is 0 Å². The van der Waals surface area contributed by atoms with Crippen LogP contribution in [0.3, 0.4) is 0 Å². The molecule has 9 rings (SSSR count). The van der Waals surface area contributed by atoms with Gasteiger partial charge in [0.15, 0.2) is 0 Å². The number of aryl methyl sites for hydroxylation is 2. The van der Waals surface area contributed by atoms with E-state index in [2.05, 4.69) is 99.1 Å². The molecule has 2 spiro atoms. The van der Waals surface area contributed by atoms with E-state index in [1.54, 1.807) is 0 Å². The highest BCUT2D eigenvalue weighted by molar-refractivity contribution is 5.52. The fourth-order valence-corrected chi connectivity index (χ4v) is 11.3. The van der Waals surface area contributed by atoms with Crippen molar-refractivity contribution in [1.82, 2.24) is 5.32 Å². The van der Waals surface area contributed by atoms with Crippen molar-refractivity contribution in [2.24, 2.45) is 16.6 Å². The Morgan fingerprint density at radius 2 is 1.27 bits per heavy atom. The van der Waals surface area contributed by atoms with E-state index in [9.17, 15) is 10.2 Å². The SMILES string of the molecule is C=C1C[C@]23C[C@]1(O)CC[C@H]2c1cccc(C)c1[C@@H]3N.C=C1C[C@]23C[C@]1(O)CC[C@H]2c1cccc(C)c1[C@@H]3NCc1ccccc1. The predicted molar refractivity (Wildman–Crippen MR) is 181 cm³/mol. The maximum atomic E-state index is 11.2. The minimum atomic E-state index is -0.654. The van der Waals surface area contributed by atoms with Crippen LogP contribution in [0, 0.1) is 24.7 Å². The van der Waals surface area contributed by atoms with Gasteiger partial charge in [0.2, 0.25) is 0 Å². The number of aliphatic hydroxyl groups is 2. The number of hydrogen-bond donors (Lipinski definition) is 4. The Bertz CT molecular complexity index is 1710. The molecule has 6 aliphatic carbocycles. The minimum absolute atomic E-state index is 0.0263. The molecular formula is C41H48N2O2. The number of nitrogens with one attached hydrogen (secondary N) is 1. The van der Waals surface area contributed by atoms with Crippen molar-refractivity contribution in [2.75, 3.05) is 0 Å². The number of nitrogens with two attached hydrogens (primary N) is 1. The third-order valence-electron chi connectivity index (χ3n) is 13.3. The maximum Gasteiger partial charge on any atom is 0.0860 e. The summed E-state index contributed by atoms with van der Waals surface area (Å²) in [5.41, 5.74) is 17.3. The van der Waals surface area contributed by atoms with Crippen LogP contribution in [0.15, 0.2) is 91.0 Å². The van der Waals surface area contributed by atoms with Gasteiger partial charge in [-0.1, -0.05) is 79.9 Å². The third-order valence-corrected chi connectivity index (χ3v) is 13.3. The Morgan fingerprint density at radius 3 is 1.91 bits per heavy atom. The predicted octanol–water partition coefficient (Wildman–Crippen LogP) is 7.74. The fraction of sp³-hybridized carbons (Fsp3) is 0.463. The lowest BCUT2D eigenvalue weighted by molar-refractivity contribution is 0.00164. The van der Waals surface area contributed by atoms with Gasteiger partial charge in [0, 0.05) is 29.5 Å². The molecule has 4 fully saturated rings. The van der Waals surface area contributed by atoms with Crippen LogP contribution in [0.25, 0.3) is 0 Å². The standard InChI is InChI=1S/C24H27NO.C17H21NO/c1-16-7-6-10-19-20-11-12-24(26)15-23(20,13-17(24)2)22(21(16)19)25-14-18-8-4-3-5-9-18;1-10-4-3-5-12-13-6-7-17(19)9-16(13,8-11(17)2)15(18)14(10)12/h3-10,20,22,25-26H,2,11-15H2,1H3;3-5,13,15,19H,2,6-9,18H2,1H3/t20-,22-,23-,24+;13-,15-,16-,17+/m00/s1. The lowest BCUT2D eigenvalue weighted by atomic mass is 9.65. The summed E-state index contributed by atoms with van der Waals surface area (Å²) in [7, 11) is 0. The van der Waals surface area contributed by atoms with Crippen molar-refractivity contribution in [3.05, 3.63) is 130 Å². The van der Waals surface area contributed by atoms with E-state index in [1.165, 1.54) is 38.9 Å². The van der Waals surface area contributed by atoms with E-state index in [0.29, 0.717) is 11.8 Å². The lowest BCUT2D eigenvalue weighted by Crippen LogP contribution is -2.41. The molecule has 4 bridgehead atoms. The molecule has 0 amide bonds. The molecule has 234 valence electrons. The van der Waals surface area contributed by atoms with Crippen LogP contribution >= 0.6 is 0 Å². The molecule has 3 aromatic carbocycles. The molecule has 5 N–H and O–H groups in total. The first-order valence-electron chi connectivity index (χ1n) is 17.0. The third kappa shape index (κ3) is 4.05. The van der Waals surface area contributed by atoms with Crippen LogP contribution < -0.4 is 11.1 Å². The highest BCUT2D eigenvalue weighted by Crippen LogP contribution is 2.71. The molecule has 4 nitrogen and oxygen atoms in total. The molecule has 3 aromatic rings. The van der Waals surface area contributed by atoms with Gasteiger partial charge in [0.25, 0.3) is 0 Å². The van der Waals surface area contributed by atoms with Gasteiger partial charge in [-0.25, -0.2) is 0 Å². The summed E-state index contributed by atoms with van der Waals surface area (Å²) in [6.07, 6.45) is 7.30. The van der Waals surface area contributed by atoms with Gasteiger partial charge >= 0.3 is 0 Å². The van der Waals surface area contributed by atoms with Crippen molar-refractivity contribution in [2.45, 2.75) is 107 Å². The molecule has 4 saturated carbocycles. The second kappa shape index (κ2) is 9.99. The highest BCUT2D eigenvalue weighted by atomic mass is 16.3. The van der Waals surface area contributed by atoms with E-state index >= 15 is 0 Å². The smallest absolute Gasteiger partial charge is 0.0860 e. The maximum absolute atomic E-state index is 11.2. The summed E-state index contributed by atoms with van der Waals surface area (Å²) >= 11 is 0. The van der Waals surface area contributed by atoms with E-state index in [0.717, 1.165) is 69.1 Å². The van der Waals surface area contributed by atoms with Crippen molar-refractivity contribution < 1.29 is 10.2 Å². The fourth-order valence-electron chi connectivity index (χ4n) is 11.3. The molecule has 0 aliphatic heterocycles. The van der Waals surface area contributed by atoms with Crippen LogP contribution in [0.4, 0.5) is 0 Å². The van der Waals surface area contributed by atoms with Crippen molar-refractivity contribution in [1.29, 1.82) is 0 Å². The average molecular weight is 601 g/mol. The van der Waals surface area contributed by atoms with Crippen molar-refractivity contribution in [3.63, 3.8) is 0 Å². The summed E-state index contributed by atoms with van der Waals surface area (Å²) in [6, 6.07) is 24.3. The van der Waals surface area contributed by atoms with Crippen molar-refractivity contribution in [3.8, 4) is 0 Å². The van der Waals surface area contributed by atoms with Gasteiger partial charge in [0.05, 0.1) is 11.2 Å². The molecule has 0 saturated heterocycles. The quantitative estimate of drug-likeness (QED) is 0.232. The molecule has 0 radical (unpaired) electrons. The zero-order chi connectivity index (χ0) is 31.4. The van der Waals surface area contributed by atoms with E-state index in [4.69, 9.17) is 5.73 Å². The Balaban J connectivity index is 0.000000140. The first kappa shape index (κ1) is 29.4. The van der Waals surface area contributed by atoms with Gasteiger partial charge in [-0.3, -0.25) is 0 Å². The summed E-state index contributed by atoms with van der Waals surface area (Å²) in [5.74, 6) is 1.04. The summed E-state index contributed by atoms with van der Waals surface area (Å²) in [5, 5.41) is 25.8. The topological polar surface area (TPSA) is 78.5 Å². The van der Waals surface area contributed by atoms with E-state index < -0.39 is 11.2 Å². The normalized spacial score (nSPS) is 38.2. The van der Waals surface area contributed by atoms with Gasteiger partial charge in [-0.2, -0.15) is 0 Å². The monoisotopic (exact) mass is 600 g/mol. The van der Waals surface area contributed by atoms with Gasteiger partial charge in [-0.05, 0) is 127 Å². The largest absolute Gasteiger partial charge is 0.386 e. The molecule has 0 aromatic heterocycles. The molecule has 6 aliphatic rings. The van der Waals surface area contributed by atoms with Gasteiger partial charge < -0.3 is 21.3 Å². The van der Waals surface area contributed by atoms with Crippen LogP contribution in [-0.2, 0) is 6.54 Å². The lowest BCUT2D eigenvalue weighted by Gasteiger charge is -2.43. The summed E-state index contributed by atoms with van der Waals surface area (Å²) in [4.78, 5) is 0. The highest BCUT2D eigenvalue weighted by Gasteiger charge is 2.65. The summed E-state index contributed by atoms with van der Waals surface area (Å²) < 4.78 is 0. The summed E-state index contributed by atoms with van der Waals surface area (Å²) in [6.45, 7) is 13.7. The molecule has 0 heterocycles. The second-order valence-electron chi connectivity index (χ2n) is 15.6. The van der Waals surface area contributed by atoms with Crippen LogP contribution in [0.5, 0.6) is 0 Å². The minimum Gasteiger partial charge on any atom is -0.386 e. The zero-order valence-corrected chi connectivity index (χ0v) is 26.9. The number of benzene rings is 3. The molecule has 0 unspecified atom stereocenters. The zero-order valence-electron chi connectivity index (χ0n) is 26.9. The Morgan fingerprint density at radius 1 is 0.733 bits per heavy atom. The molecule has 8 atom stereocenters. The van der Waals surface area contributed by atoms with Crippen LogP contribution in [0.1, 0.15) is 114 Å². The molecular weight excluding hydrogens is 552 g/mol. The second-order valence-corrected chi connectivity index (χ2v) is 15.6. The van der Waals surface area contributed by atoms with Gasteiger partial charge in [-0.15, -0.1) is 0 Å². The Hall–Kier alpha value is -3.02. The van der Waals surface area contributed by atoms with Crippen LogP contribution in [0.2, 0.25) is 0 Å². The van der Waals surface area contributed by atoms with Crippen LogP contribution in [-0.4, -0.2) is 21.4 Å². The van der Waals surface area contributed by atoms with E-state index in [1.807, 2.05) is 0 Å². The number of fused-ring (bicyclic) bond motifs is 6. The number of hydrogen-bond acceptors (Lipinski definition) is 4. The Kier molecular flexibility index (Phi) is 6.52. The van der Waals surface area contributed by atoms with E-state index in [-0.39, 0.29) is 22.9 Å². The average Bonchev–Trinajstić information content (AvgIpc) is 3.58. The molecule has 45 heavy (non-hydrogen) atoms. The first-order valence-corrected chi connectivity index (χ1v) is 17.0. The number of rotatable bonds is 3.